The molecule has 0 saturated carbocycles. The summed E-state index contributed by atoms with van der Waals surface area (Å²) in [4.78, 5) is 24.5. The smallest absolute Gasteiger partial charge is 0.313 e. The van der Waals surface area contributed by atoms with E-state index >= 15 is 0 Å². The van der Waals surface area contributed by atoms with E-state index in [4.69, 9.17) is 5.26 Å². The van der Waals surface area contributed by atoms with Crippen molar-refractivity contribution in [2.75, 3.05) is 32.5 Å². The van der Waals surface area contributed by atoms with E-state index < -0.39 is 11.8 Å². The average molecular weight is 275 g/mol. The number of hydrogen-bond acceptors (Lipinski definition) is 3. The molecule has 0 spiro atoms. The summed E-state index contributed by atoms with van der Waals surface area (Å²) in [6.07, 6.45) is 0.802. The number of carbonyl (C=O) groups excluding carboxylic acids is 2. The van der Waals surface area contributed by atoms with Crippen molar-refractivity contribution >= 4 is 17.5 Å². The maximum atomic E-state index is 11.7. The first kappa shape index (κ1) is 15.7. The van der Waals surface area contributed by atoms with Gasteiger partial charge in [0.25, 0.3) is 0 Å². The normalized spacial score (nSPS) is 9.90. The summed E-state index contributed by atoms with van der Waals surface area (Å²) in [6, 6.07) is 8.50. The number of rotatable bonds is 5. The lowest BCUT2D eigenvalue weighted by molar-refractivity contribution is -0.858. The number of nitrogens with zero attached hydrogens (tertiary/aromatic N) is 1. The van der Waals surface area contributed by atoms with Gasteiger partial charge in [0.05, 0.1) is 31.9 Å². The molecule has 20 heavy (non-hydrogen) atoms. The molecule has 106 valence electrons. The fourth-order valence-electron chi connectivity index (χ4n) is 1.59. The Kier molecular flexibility index (Phi) is 6.20. The molecule has 0 aliphatic rings. The van der Waals surface area contributed by atoms with Crippen LogP contribution in [0.5, 0.6) is 0 Å². The van der Waals surface area contributed by atoms with Crippen LogP contribution in [0.2, 0.25) is 0 Å². The van der Waals surface area contributed by atoms with E-state index in [0.29, 0.717) is 17.8 Å². The fourth-order valence-corrected chi connectivity index (χ4v) is 1.59. The van der Waals surface area contributed by atoms with E-state index in [9.17, 15) is 9.59 Å². The number of nitrogens with one attached hydrogen (secondary N) is 3. The summed E-state index contributed by atoms with van der Waals surface area (Å²) in [5, 5.41) is 13.9. The molecular weight excluding hydrogens is 256 g/mol. The van der Waals surface area contributed by atoms with Gasteiger partial charge in [-0.15, -0.1) is 0 Å². The third-order valence-corrected chi connectivity index (χ3v) is 2.64. The van der Waals surface area contributed by atoms with Gasteiger partial charge < -0.3 is 15.5 Å². The zero-order chi connectivity index (χ0) is 15.0. The van der Waals surface area contributed by atoms with Gasteiger partial charge in [0.1, 0.15) is 6.07 Å². The van der Waals surface area contributed by atoms with Crippen molar-refractivity contribution in [2.45, 2.75) is 6.42 Å². The number of para-hydroxylation sites is 1. The van der Waals surface area contributed by atoms with Crippen molar-refractivity contribution in [1.29, 1.82) is 5.26 Å². The van der Waals surface area contributed by atoms with E-state index in [1.54, 1.807) is 24.3 Å². The molecule has 0 fully saturated rings. The van der Waals surface area contributed by atoms with E-state index in [-0.39, 0.29) is 0 Å². The summed E-state index contributed by atoms with van der Waals surface area (Å²) >= 11 is 0. The van der Waals surface area contributed by atoms with Crippen molar-refractivity contribution in [1.82, 2.24) is 5.32 Å². The van der Waals surface area contributed by atoms with Crippen molar-refractivity contribution in [3.8, 4) is 6.07 Å². The van der Waals surface area contributed by atoms with Gasteiger partial charge in [-0.2, -0.15) is 5.26 Å². The Morgan fingerprint density at radius 2 is 1.95 bits per heavy atom. The highest BCUT2D eigenvalue weighted by atomic mass is 16.2. The van der Waals surface area contributed by atoms with Crippen LogP contribution in [0.1, 0.15) is 12.0 Å². The lowest BCUT2D eigenvalue weighted by Gasteiger charge is -2.09. The van der Waals surface area contributed by atoms with Crippen LogP contribution < -0.4 is 15.5 Å². The predicted octanol–water partition coefficient (Wildman–Crippen LogP) is -0.852. The third kappa shape index (κ3) is 5.08. The molecule has 3 N–H and O–H groups in total. The second-order valence-electron chi connectivity index (χ2n) is 4.68. The number of carbonyl (C=O) groups is 2. The van der Waals surface area contributed by atoms with Crippen LogP contribution in [0.3, 0.4) is 0 Å². The van der Waals surface area contributed by atoms with Crippen molar-refractivity contribution < 1.29 is 14.5 Å². The lowest BCUT2D eigenvalue weighted by atomic mass is 10.2. The molecule has 0 unspecified atom stereocenters. The third-order valence-electron chi connectivity index (χ3n) is 2.64. The molecule has 0 aliphatic heterocycles. The van der Waals surface area contributed by atoms with Crippen molar-refractivity contribution in [3.63, 3.8) is 0 Å². The Morgan fingerprint density at radius 3 is 2.60 bits per heavy atom. The summed E-state index contributed by atoms with van der Waals surface area (Å²) in [6.45, 7) is 1.37. The first-order chi connectivity index (χ1) is 9.54. The molecule has 0 saturated heterocycles. The number of amides is 2. The number of anilines is 1. The number of benzene rings is 1. The van der Waals surface area contributed by atoms with Gasteiger partial charge in [-0.05, 0) is 12.1 Å². The quantitative estimate of drug-likeness (QED) is 0.483. The van der Waals surface area contributed by atoms with Crippen LogP contribution in [0, 0.1) is 11.3 Å². The minimum Gasteiger partial charge on any atom is -0.348 e. The molecule has 1 aromatic carbocycles. The molecule has 1 rings (SSSR count). The largest absolute Gasteiger partial charge is 0.348 e. The Hall–Kier alpha value is -2.39. The summed E-state index contributed by atoms with van der Waals surface area (Å²) in [5.74, 6) is -1.45. The molecule has 0 heterocycles. The molecule has 0 atom stereocenters. The Bertz CT molecular complexity index is 520. The van der Waals surface area contributed by atoms with E-state index in [1.807, 2.05) is 20.2 Å². The maximum Gasteiger partial charge on any atom is 0.313 e. The van der Waals surface area contributed by atoms with E-state index in [0.717, 1.165) is 13.0 Å². The van der Waals surface area contributed by atoms with Crippen molar-refractivity contribution in [3.05, 3.63) is 29.8 Å². The van der Waals surface area contributed by atoms with Gasteiger partial charge in [0, 0.05) is 13.0 Å². The topological polar surface area (TPSA) is 86.4 Å². The number of quaternary nitrogens is 1. The van der Waals surface area contributed by atoms with Gasteiger partial charge >= 0.3 is 11.8 Å². The highest BCUT2D eigenvalue weighted by molar-refractivity contribution is 6.39. The Morgan fingerprint density at radius 1 is 1.25 bits per heavy atom. The average Bonchev–Trinajstić information content (AvgIpc) is 2.43. The number of hydrogen-bond donors (Lipinski definition) is 3. The Labute approximate surface area is 118 Å². The van der Waals surface area contributed by atoms with Crippen molar-refractivity contribution in [2.24, 2.45) is 0 Å². The summed E-state index contributed by atoms with van der Waals surface area (Å²) < 4.78 is 0. The molecular formula is C14H19N4O2+. The van der Waals surface area contributed by atoms with Gasteiger partial charge in [-0.25, -0.2) is 0 Å². The fraction of sp³-hybridized carbons (Fsp3) is 0.357. The van der Waals surface area contributed by atoms with Crippen LogP contribution in [0.15, 0.2) is 24.3 Å². The van der Waals surface area contributed by atoms with Crippen LogP contribution in [-0.2, 0) is 9.59 Å². The molecule has 6 nitrogen and oxygen atoms in total. The minimum absolute atomic E-state index is 0.324. The summed E-state index contributed by atoms with van der Waals surface area (Å²) in [7, 11) is 4.04. The Balaban J connectivity index is 2.46. The van der Waals surface area contributed by atoms with Gasteiger partial charge in [0.2, 0.25) is 0 Å². The second-order valence-corrected chi connectivity index (χ2v) is 4.68. The zero-order valence-corrected chi connectivity index (χ0v) is 11.7. The maximum absolute atomic E-state index is 11.7. The first-order valence-electron chi connectivity index (χ1n) is 6.42. The monoisotopic (exact) mass is 275 g/mol. The highest BCUT2D eigenvalue weighted by Crippen LogP contribution is 2.12. The van der Waals surface area contributed by atoms with Crippen LogP contribution in [0.25, 0.3) is 0 Å². The lowest BCUT2D eigenvalue weighted by Crippen LogP contribution is -3.05. The highest BCUT2D eigenvalue weighted by Gasteiger charge is 2.14. The summed E-state index contributed by atoms with van der Waals surface area (Å²) in [5.41, 5.74) is 0.665. The van der Waals surface area contributed by atoms with Crippen LogP contribution in [0.4, 0.5) is 5.69 Å². The molecule has 6 heteroatoms. The van der Waals surface area contributed by atoms with Crippen LogP contribution in [-0.4, -0.2) is 39.0 Å². The number of nitriles is 1. The predicted molar refractivity (Wildman–Crippen MR) is 75.1 cm³/mol. The van der Waals surface area contributed by atoms with Gasteiger partial charge in [-0.1, -0.05) is 12.1 Å². The first-order valence-corrected chi connectivity index (χ1v) is 6.42. The van der Waals surface area contributed by atoms with Gasteiger partial charge in [0.15, 0.2) is 0 Å². The molecule has 0 aliphatic carbocycles. The molecule has 0 aromatic heterocycles. The van der Waals surface area contributed by atoms with E-state index in [2.05, 4.69) is 10.6 Å². The minimum atomic E-state index is -0.759. The van der Waals surface area contributed by atoms with Gasteiger partial charge in [-0.3, -0.25) is 9.59 Å². The SMILES string of the molecule is C[NH+](C)CCCNC(=O)C(=O)Nc1ccccc1C#N. The van der Waals surface area contributed by atoms with E-state index in [1.165, 1.54) is 4.90 Å². The standard InChI is InChI=1S/C14H18N4O2/c1-18(2)9-5-8-16-13(19)14(20)17-12-7-4-3-6-11(12)10-15/h3-4,6-7H,5,8-9H2,1-2H3,(H,16,19)(H,17,20)/p+1. The van der Waals surface area contributed by atoms with Crippen LogP contribution >= 0.6 is 0 Å². The molecule has 2 amide bonds. The molecule has 0 radical (unpaired) electrons. The zero-order valence-electron chi connectivity index (χ0n) is 11.7. The molecule has 1 aromatic rings. The second kappa shape index (κ2) is 7.92. The molecule has 0 bridgehead atoms.